The number of rotatable bonds is 4. The summed E-state index contributed by atoms with van der Waals surface area (Å²) in [5, 5.41) is 2.11. The normalized spacial score (nSPS) is 27.9. The van der Waals surface area contributed by atoms with Crippen LogP contribution in [-0.4, -0.2) is 4.98 Å². The van der Waals surface area contributed by atoms with Crippen LogP contribution in [0.4, 0.5) is 0 Å². The highest BCUT2D eigenvalue weighted by Crippen LogP contribution is 2.37. The molecular formula is C12H21N3S. The van der Waals surface area contributed by atoms with Crippen LogP contribution in [-0.2, 0) is 0 Å². The molecule has 1 unspecified atom stereocenters. The van der Waals surface area contributed by atoms with Crippen LogP contribution in [0.15, 0.2) is 10.9 Å². The van der Waals surface area contributed by atoms with Crippen LogP contribution in [0.2, 0.25) is 0 Å². The van der Waals surface area contributed by atoms with Crippen molar-refractivity contribution >= 4 is 11.3 Å². The van der Waals surface area contributed by atoms with Crippen molar-refractivity contribution in [2.24, 2.45) is 17.7 Å². The summed E-state index contributed by atoms with van der Waals surface area (Å²) in [6, 6.07) is 0.254. The summed E-state index contributed by atoms with van der Waals surface area (Å²) in [6.45, 7) is 2.30. The van der Waals surface area contributed by atoms with Crippen LogP contribution in [0.3, 0.4) is 0 Å². The Morgan fingerprint density at radius 2 is 2.25 bits per heavy atom. The first kappa shape index (κ1) is 12.0. The number of nitrogens with one attached hydrogen (secondary N) is 1. The average Bonchev–Trinajstić information content (AvgIpc) is 2.85. The zero-order valence-corrected chi connectivity index (χ0v) is 10.7. The highest BCUT2D eigenvalue weighted by atomic mass is 32.1. The predicted molar refractivity (Wildman–Crippen MR) is 67.9 cm³/mol. The monoisotopic (exact) mass is 239 g/mol. The summed E-state index contributed by atoms with van der Waals surface area (Å²) in [7, 11) is 0. The molecular weight excluding hydrogens is 218 g/mol. The van der Waals surface area contributed by atoms with Crippen molar-refractivity contribution < 1.29 is 0 Å². The van der Waals surface area contributed by atoms with Gasteiger partial charge < -0.3 is 0 Å². The van der Waals surface area contributed by atoms with E-state index < -0.39 is 0 Å². The van der Waals surface area contributed by atoms with Gasteiger partial charge in [0.2, 0.25) is 0 Å². The Labute approximate surface area is 101 Å². The van der Waals surface area contributed by atoms with E-state index in [-0.39, 0.29) is 6.04 Å². The molecule has 90 valence electrons. The average molecular weight is 239 g/mol. The molecule has 1 aliphatic carbocycles. The van der Waals surface area contributed by atoms with E-state index in [1.807, 2.05) is 5.51 Å². The van der Waals surface area contributed by atoms with Gasteiger partial charge in [-0.05, 0) is 24.7 Å². The topological polar surface area (TPSA) is 50.9 Å². The molecule has 2 rings (SSSR count). The predicted octanol–water partition coefficient (Wildman–Crippen LogP) is 2.86. The van der Waals surface area contributed by atoms with Crippen molar-refractivity contribution in [2.45, 2.75) is 45.1 Å². The van der Waals surface area contributed by atoms with Gasteiger partial charge >= 0.3 is 0 Å². The van der Waals surface area contributed by atoms with Gasteiger partial charge in [0.25, 0.3) is 0 Å². The van der Waals surface area contributed by atoms with Crippen LogP contribution in [0.25, 0.3) is 0 Å². The van der Waals surface area contributed by atoms with E-state index in [9.17, 15) is 0 Å². The van der Waals surface area contributed by atoms with Crippen molar-refractivity contribution in [3.8, 4) is 0 Å². The highest BCUT2D eigenvalue weighted by molar-refractivity contribution is 7.07. The number of thiazole rings is 1. The van der Waals surface area contributed by atoms with E-state index in [2.05, 4.69) is 22.7 Å². The van der Waals surface area contributed by atoms with Crippen molar-refractivity contribution in [1.82, 2.24) is 10.4 Å². The van der Waals surface area contributed by atoms with E-state index in [0.29, 0.717) is 5.92 Å². The van der Waals surface area contributed by atoms with Gasteiger partial charge in [-0.25, -0.2) is 4.98 Å². The molecule has 0 amide bonds. The van der Waals surface area contributed by atoms with Crippen LogP contribution < -0.4 is 11.3 Å². The minimum Gasteiger partial charge on any atom is -0.271 e. The number of nitrogens with zero attached hydrogens (tertiary/aromatic N) is 1. The molecule has 1 fully saturated rings. The maximum Gasteiger partial charge on any atom is 0.0795 e. The molecule has 0 aromatic carbocycles. The summed E-state index contributed by atoms with van der Waals surface area (Å²) < 4.78 is 0. The van der Waals surface area contributed by atoms with Crippen molar-refractivity contribution in [2.75, 3.05) is 0 Å². The van der Waals surface area contributed by atoms with Gasteiger partial charge in [0.05, 0.1) is 17.2 Å². The first-order chi connectivity index (χ1) is 7.85. The van der Waals surface area contributed by atoms with E-state index in [0.717, 1.165) is 11.6 Å². The number of hydrogen-bond acceptors (Lipinski definition) is 4. The molecule has 16 heavy (non-hydrogen) atoms. The summed E-state index contributed by atoms with van der Waals surface area (Å²) in [6.07, 6.45) is 6.59. The fourth-order valence-corrected chi connectivity index (χ4v) is 3.36. The third kappa shape index (κ3) is 2.62. The van der Waals surface area contributed by atoms with Gasteiger partial charge in [-0.3, -0.25) is 11.3 Å². The second-order valence-electron chi connectivity index (χ2n) is 4.75. The Balaban J connectivity index is 1.96. The standard InChI is InChI=1S/C12H21N3S/c1-2-9-3-5-10(6-4-9)12(15-13)11-7-16-8-14-11/h7-10,12,15H,2-6,13H2,1H3. The molecule has 1 aromatic rings. The van der Waals surface area contributed by atoms with Gasteiger partial charge in [0, 0.05) is 5.38 Å². The molecule has 1 saturated carbocycles. The van der Waals surface area contributed by atoms with Crippen molar-refractivity contribution in [3.63, 3.8) is 0 Å². The summed E-state index contributed by atoms with van der Waals surface area (Å²) in [5.41, 5.74) is 5.96. The number of hydrazine groups is 1. The van der Waals surface area contributed by atoms with E-state index in [1.54, 1.807) is 11.3 Å². The SMILES string of the molecule is CCC1CCC(C(NN)c2cscn2)CC1. The highest BCUT2D eigenvalue weighted by Gasteiger charge is 2.28. The fourth-order valence-electron chi connectivity index (χ4n) is 2.77. The zero-order chi connectivity index (χ0) is 11.4. The first-order valence-corrected chi connectivity index (χ1v) is 7.13. The van der Waals surface area contributed by atoms with Crippen molar-refractivity contribution in [3.05, 3.63) is 16.6 Å². The lowest BCUT2D eigenvalue weighted by Gasteiger charge is -2.32. The summed E-state index contributed by atoms with van der Waals surface area (Å²) >= 11 is 1.65. The van der Waals surface area contributed by atoms with E-state index in [1.165, 1.54) is 32.1 Å². The Morgan fingerprint density at radius 1 is 1.50 bits per heavy atom. The maximum absolute atomic E-state index is 5.68. The molecule has 3 nitrogen and oxygen atoms in total. The molecule has 4 heteroatoms. The lowest BCUT2D eigenvalue weighted by atomic mass is 9.77. The second kappa shape index (κ2) is 5.75. The third-order valence-corrected chi connectivity index (χ3v) is 4.49. The van der Waals surface area contributed by atoms with Crippen LogP contribution in [0.1, 0.15) is 50.8 Å². The van der Waals surface area contributed by atoms with Crippen LogP contribution in [0.5, 0.6) is 0 Å². The van der Waals surface area contributed by atoms with Gasteiger partial charge in [-0.15, -0.1) is 11.3 Å². The summed E-state index contributed by atoms with van der Waals surface area (Å²) in [4.78, 5) is 4.38. The molecule has 0 bridgehead atoms. The molecule has 0 spiro atoms. The lowest BCUT2D eigenvalue weighted by Crippen LogP contribution is -2.35. The molecule has 1 aliphatic rings. The lowest BCUT2D eigenvalue weighted by molar-refractivity contribution is 0.217. The molecule has 1 heterocycles. The van der Waals surface area contributed by atoms with Gasteiger partial charge in [0.15, 0.2) is 0 Å². The van der Waals surface area contributed by atoms with Crippen LogP contribution in [0, 0.1) is 11.8 Å². The fraction of sp³-hybridized carbons (Fsp3) is 0.750. The van der Waals surface area contributed by atoms with Crippen LogP contribution >= 0.6 is 11.3 Å². The second-order valence-corrected chi connectivity index (χ2v) is 5.47. The molecule has 0 saturated heterocycles. The molecule has 0 radical (unpaired) electrons. The quantitative estimate of drug-likeness (QED) is 0.627. The summed E-state index contributed by atoms with van der Waals surface area (Å²) in [5.74, 6) is 7.27. The van der Waals surface area contributed by atoms with Gasteiger partial charge in [-0.2, -0.15) is 0 Å². The van der Waals surface area contributed by atoms with Gasteiger partial charge in [0.1, 0.15) is 0 Å². The largest absolute Gasteiger partial charge is 0.271 e. The van der Waals surface area contributed by atoms with Gasteiger partial charge in [-0.1, -0.05) is 26.2 Å². The minimum absolute atomic E-state index is 0.254. The van der Waals surface area contributed by atoms with E-state index >= 15 is 0 Å². The number of nitrogens with two attached hydrogens (primary N) is 1. The number of hydrogen-bond donors (Lipinski definition) is 2. The zero-order valence-electron chi connectivity index (χ0n) is 9.86. The Bertz CT molecular complexity index is 291. The Hall–Kier alpha value is -0.450. The molecule has 3 N–H and O–H groups in total. The Kier molecular flexibility index (Phi) is 4.32. The van der Waals surface area contributed by atoms with E-state index in [4.69, 9.17) is 5.84 Å². The molecule has 1 atom stereocenters. The first-order valence-electron chi connectivity index (χ1n) is 6.19. The Morgan fingerprint density at radius 3 is 2.75 bits per heavy atom. The molecule has 0 aliphatic heterocycles. The smallest absolute Gasteiger partial charge is 0.0795 e. The number of aromatic nitrogens is 1. The maximum atomic E-state index is 5.68. The third-order valence-electron chi connectivity index (χ3n) is 3.89. The molecule has 1 aromatic heterocycles. The minimum atomic E-state index is 0.254. The van der Waals surface area contributed by atoms with Crippen molar-refractivity contribution in [1.29, 1.82) is 0 Å².